The van der Waals surface area contributed by atoms with E-state index in [1.165, 1.54) is 10.4 Å². The fraction of sp³-hybridized carbons (Fsp3) is 0.133. The summed E-state index contributed by atoms with van der Waals surface area (Å²) in [5, 5.41) is 1.15. The number of thiophene rings is 1. The standard InChI is InChI=1S/C15H14BrN3S/c16-15-6-5-10(20-15)9-14(19-17)12-7-8-18-13-4-2-1-3-11(12)13/h1-8,14,19H,9,17H2. The molecule has 3 rings (SSSR count). The normalized spacial score (nSPS) is 12.7. The highest BCUT2D eigenvalue weighted by molar-refractivity contribution is 9.11. The Kier molecular flexibility index (Phi) is 4.12. The third kappa shape index (κ3) is 2.76. The van der Waals surface area contributed by atoms with Gasteiger partial charge in [-0.1, -0.05) is 18.2 Å². The van der Waals surface area contributed by atoms with Gasteiger partial charge in [0.1, 0.15) is 0 Å². The number of para-hydroxylation sites is 1. The third-order valence-electron chi connectivity index (χ3n) is 3.29. The summed E-state index contributed by atoms with van der Waals surface area (Å²) in [5.41, 5.74) is 5.11. The van der Waals surface area contributed by atoms with Crippen LogP contribution < -0.4 is 11.3 Å². The van der Waals surface area contributed by atoms with Gasteiger partial charge in [-0.2, -0.15) is 0 Å². The summed E-state index contributed by atoms with van der Waals surface area (Å²) in [4.78, 5) is 5.69. The average Bonchev–Trinajstić information content (AvgIpc) is 2.89. The zero-order valence-electron chi connectivity index (χ0n) is 10.7. The summed E-state index contributed by atoms with van der Waals surface area (Å²) in [6, 6.07) is 14.5. The van der Waals surface area contributed by atoms with Crippen LogP contribution in [-0.4, -0.2) is 4.98 Å². The van der Waals surface area contributed by atoms with Crippen molar-refractivity contribution in [2.24, 2.45) is 5.84 Å². The number of nitrogens with two attached hydrogens (primary N) is 1. The largest absolute Gasteiger partial charge is 0.271 e. The summed E-state index contributed by atoms with van der Waals surface area (Å²) in [7, 11) is 0. The molecule has 0 bridgehead atoms. The molecule has 1 atom stereocenters. The van der Waals surface area contributed by atoms with Gasteiger partial charge in [0.15, 0.2) is 0 Å². The highest BCUT2D eigenvalue weighted by Crippen LogP contribution is 2.29. The minimum Gasteiger partial charge on any atom is -0.271 e. The molecule has 3 nitrogen and oxygen atoms in total. The van der Waals surface area contributed by atoms with Gasteiger partial charge >= 0.3 is 0 Å². The maximum Gasteiger partial charge on any atom is 0.0705 e. The molecule has 20 heavy (non-hydrogen) atoms. The molecule has 2 heterocycles. The number of aromatic nitrogens is 1. The molecule has 0 aliphatic rings. The van der Waals surface area contributed by atoms with Gasteiger partial charge in [-0.3, -0.25) is 16.3 Å². The van der Waals surface area contributed by atoms with Gasteiger partial charge in [-0.15, -0.1) is 11.3 Å². The summed E-state index contributed by atoms with van der Waals surface area (Å²) in [5.74, 6) is 5.77. The summed E-state index contributed by atoms with van der Waals surface area (Å²) < 4.78 is 1.14. The van der Waals surface area contributed by atoms with Crippen LogP contribution in [0.5, 0.6) is 0 Å². The van der Waals surface area contributed by atoms with E-state index in [2.05, 4.69) is 44.5 Å². The van der Waals surface area contributed by atoms with Crippen molar-refractivity contribution in [2.75, 3.05) is 0 Å². The SMILES string of the molecule is NNC(Cc1ccc(Br)s1)c1ccnc2ccccc12. The van der Waals surface area contributed by atoms with Gasteiger partial charge < -0.3 is 0 Å². The van der Waals surface area contributed by atoms with Crippen LogP contribution in [0.25, 0.3) is 10.9 Å². The smallest absolute Gasteiger partial charge is 0.0705 e. The van der Waals surface area contributed by atoms with Gasteiger partial charge in [-0.05, 0) is 45.8 Å². The van der Waals surface area contributed by atoms with Crippen molar-refractivity contribution < 1.29 is 0 Å². The molecule has 0 amide bonds. The number of halogens is 1. The second-order valence-corrected chi connectivity index (χ2v) is 7.09. The van der Waals surface area contributed by atoms with Crippen molar-refractivity contribution in [3.8, 4) is 0 Å². The minimum atomic E-state index is 0.0773. The molecule has 102 valence electrons. The molecular formula is C15H14BrN3S. The quantitative estimate of drug-likeness (QED) is 0.557. The number of fused-ring (bicyclic) bond motifs is 1. The average molecular weight is 348 g/mol. The first-order chi connectivity index (χ1) is 9.78. The Morgan fingerprint density at radius 3 is 2.80 bits per heavy atom. The summed E-state index contributed by atoms with van der Waals surface area (Å²) in [6.45, 7) is 0. The predicted octanol–water partition coefficient (Wildman–Crippen LogP) is 3.81. The van der Waals surface area contributed by atoms with Crippen molar-refractivity contribution >= 4 is 38.2 Å². The van der Waals surface area contributed by atoms with Crippen molar-refractivity contribution in [1.82, 2.24) is 10.4 Å². The molecule has 2 aromatic heterocycles. The van der Waals surface area contributed by atoms with E-state index >= 15 is 0 Å². The van der Waals surface area contributed by atoms with E-state index in [1.54, 1.807) is 11.3 Å². The predicted molar refractivity (Wildman–Crippen MR) is 87.5 cm³/mol. The Morgan fingerprint density at radius 1 is 1.20 bits per heavy atom. The number of pyridine rings is 1. The molecule has 0 saturated heterocycles. The number of hydrogen-bond acceptors (Lipinski definition) is 4. The monoisotopic (exact) mass is 347 g/mol. The Labute approximate surface area is 129 Å². The maximum absolute atomic E-state index is 5.77. The number of hydrazine groups is 1. The molecule has 0 spiro atoms. The van der Waals surface area contributed by atoms with Crippen LogP contribution in [0.2, 0.25) is 0 Å². The molecular weight excluding hydrogens is 334 g/mol. The Morgan fingerprint density at radius 2 is 2.05 bits per heavy atom. The fourth-order valence-corrected chi connectivity index (χ4v) is 3.87. The molecule has 5 heteroatoms. The summed E-state index contributed by atoms with van der Waals surface area (Å²) >= 11 is 5.23. The Bertz CT molecular complexity index is 720. The zero-order valence-corrected chi connectivity index (χ0v) is 13.1. The van der Waals surface area contributed by atoms with Crippen LogP contribution in [0.3, 0.4) is 0 Å². The van der Waals surface area contributed by atoms with Crippen molar-refractivity contribution in [3.63, 3.8) is 0 Å². The van der Waals surface area contributed by atoms with Gasteiger partial charge in [0.05, 0.1) is 15.3 Å². The molecule has 1 unspecified atom stereocenters. The fourth-order valence-electron chi connectivity index (χ4n) is 2.34. The lowest BCUT2D eigenvalue weighted by Gasteiger charge is -2.17. The van der Waals surface area contributed by atoms with Crippen LogP contribution in [0.4, 0.5) is 0 Å². The third-order valence-corrected chi connectivity index (χ3v) is 4.94. The van der Waals surface area contributed by atoms with Gasteiger partial charge in [0, 0.05) is 22.9 Å². The van der Waals surface area contributed by atoms with E-state index in [0.717, 1.165) is 21.1 Å². The van der Waals surface area contributed by atoms with Crippen molar-refractivity contribution in [2.45, 2.75) is 12.5 Å². The first-order valence-corrected chi connectivity index (χ1v) is 7.93. The minimum absolute atomic E-state index is 0.0773. The number of nitrogens with zero attached hydrogens (tertiary/aromatic N) is 1. The number of hydrogen-bond donors (Lipinski definition) is 2. The molecule has 0 aliphatic carbocycles. The molecule has 1 aromatic carbocycles. The first-order valence-electron chi connectivity index (χ1n) is 6.32. The van der Waals surface area contributed by atoms with Gasteiger partial charge in [0.25, 0.3) is 0 Å². The molecule has 0 aliphatic heterocycles. The Hall–Kier alpha value is -1.27. The van der Waals surface area contributed by atoms with E-state index in [-0.39, 0.29) is 6.04 Å². The number of nitrogens with one attached hydrogen (secondary N) is 1. The van der Waals surface area contributed by atoms with E-state index in [1.807, 2.05) is 30.5 Å². The van der Waals surface area contributed by atoms with Gasteiger partial charge in [-0.25, -0.2) is 0 Å². The highest BCUT2D eigenvalue weighted by Gasteiger charge is 2.14. The highest BCUT2D eigenvalue weighted by atomic mass is 79.9. The van der Waals surface area contributed by atoms with E-state index < -0.39 is 0 Å². The molecule has 0 fully saturated rings. The maximum atomic E-state index is 5.77. The second kappa shape index (κ2) is 6.01. The van der Waals surface area contributed by atoms with Crippen LogP contribution >= 0.6 is 27.3 Å². The van der Waals surface area contributed by atoms with Crippen molar-refractivity contribution in [3.05, 3.63) is 62.9 Å². The van der Waals surface area contributed by atoms with E-state index in [0.29, 0.717) is 0 Å². The van der Waals surface area contributed by atoms with Gasteiger partial charge in [0.2, 0.25) is 0 Å². The van der Waals surface area contributed by atoms with Crippen molar-refractivity contribution in [1.29, 1.82) is 0 Å². The molecule has 0 radical (unpaired) electrons. The summed E-state index contributed by atoms with van der Waals surface area (Å²) in [6.07, 6.45) is 2.70. The lowest BCUT2D eigenvalue weighted by Crippen LogP contribution is -2.29. The number of benzene rings is 1. The van der Waals surface area contributed by atoms with E-state index in [9.17, 15) is 0 Å². The Balaban J connectivity index is 1.98. The lowest BCUT2D eigenvalue weighted by atomic mass is 9.99. The second-order valence-electron chi connectivity index (χ2n) is 4.55. The molecule has 3 aromatic rings. The molecule has 0 saturated carbocycles. The van der Waals surface area contributed by atoms with E-state index in [4.69, 9.17) is 5.84 Å². The van der Waals surface area contributed by atoms with Crippen LogP contribution in [0.1, 0.15) is 16.5 Å². The van der Waals surface area contributed by atoms with Crippen LogP contribution in [-0.2, 0) is 6.42 Å². The first kappa shape index (κ1) is 13.7. The molecule has 3 N–H and O–H groups in total. The zero-order chi connectivity index (χ0) is 13.9. The lowest BCUT2D eigenvalue weighted by molar-refractivity contribution is 0.559. The topological polar surface area (TPSA) is 50.9 Å². The number of rotatable bonds is 4. The van der Waals surface area contributed by atoms with Crippen LogP contribution in [0, 0.1) is 0 Å². The van der Waals surface area contributed by atoms with Crippen LogP contribution in [0.15, 0.2) is 52.4 Å².